The first kappa shape index (κ1) is 50.8. The SMILES string of the molecule is [C-]#[N+]CCOP(OCCN(C)CCN1CC(C)Sc2cc(C3=c4cc5c6c(c4Oc4c3cc3c7c4C(C)(C)CCN7C(C)(C)CC3C)C(C)(C)CC[N+]=6C(C)(C)CC5C)ccc21)N(C(C)C)C(C)C. The van der Waals surface area contributed by atoms with Crippen molar-refractivity contribution < 1.29 is 13.8 Å². The smallest absolute Gasteiger partial charge is 0.259 e. The first-order valence-electron chi connectivity index (χ1n) is 26.4. The lowest BCUT2D eigenvalue weighted by Gasteiger charge is -2.54. The van der Waals surface area contributed by atoms with E-state index in [-0.39, 0.29) is 34.0 Å². The Balaban J connectivity index is 1.13. The lowest BCUT2D eigenvalue weighted by molar-refractivity contribution is 0.164. The Kier molecular flexibility index (Phi) is 13.8. The molecule has 0 saturated carbocycles. The molecule has 0 radical (unpaired) electrons. The number of benzene rings is 3. The van der Waals surface area contributed by atoms with Gasteiger partial charge in [-0.25, -0.2) is 15.8 Å². The van der Waals surface area contributed by atoms with E-state index in [1.807, 2.05) is 11.8 Å². The lowest BCUT2D eigenvalue weighted by Crippen LogP contribution is -2.58. The van der Waals surface area contributed by atoms with Crippen LogP contribution in [0.15, 0.2) is 35.2 Å². The van der Waals surface area contributed by atoms with Crippen molar-refractivity contribution in [2.45, 2.75) is 186 Å². The van der Waals surface area contributed by atoms with Crippen LogP contribution in [0, 0.1) is 6.57 Å². The van der Waals surface area contributed by atoms with Crippen molar-refractivity contribution in [1.82, 2.24) is 14.1 Å². The summed E-state index contributed by atoms with van der Waals surface area (Å²) in [7, 11) is 0.964. The summed E-state index contributed by atoms with van der Waals surface area (Å²) in [6, 6.07) is 13.2. The van der Waals surface area contributed by atoms with Crippen molar-refractivity contribution >= 4 is 37.2 Å². The fourth-order valence-electron chi connectivity index (χ4n) is 13.4. The predicted octanol–water partition coefficient (Wildman–Crippen LogP) is 11.8. The molecule has 3 aromatic rings. The molecular formula is C58H84N6O3PS+. The van der Waals surface area contributed by atoms with Gasteiger partial charge in [0, 0.05) is 112 Å². The first-order chi connectivity index (χ1) is 32.5. The predicted molar refractivity (Wildman–Crippen MR) is 291 cm³/mol. The van der Waals surface area contributed by atoms with Crippen LogP contribution < -0.4 is 29.7 Å². The summed E-state index contributed by atoms with van der Waals surface area (Å²) >= 11 is 2.03. The van der Waals surface area contributed by atoms with Gasteiger partial charge in [0.1, 0.15) is 24.7 Å². The highest BCUT2D eigenvalue weighted by atomic mass is 32.2. The quantitative estimate of drug-likeness (QED) is 0.0536. The molecular weight excluding hydrogens is 892 g/mol. The average molecular weight is 976 g/mol. The molecule has 0 bridgehead atoms. The minimum absolute atomic E-state index is 0.0516. The van der Waals surface area contributed by atoms with Crippen molar-refractivity contribution in [3.05, 3.63) is 85.7 Å². The number of thioether (sulfide) groups is 1. The molecule has 0 aromatic heterocycles. The summed E-state index contributed by atoms with van der Waals surface area (Å²) < 4.78 is 25.6. The minimum Gasteiger partial charge on any atom is -0.455 e. The van der Waals surface area contributed by atoms with E-state index in [1.54, 1.807) is 0 Å². The molecule has 0 fully saturated rings. The molecule has 6 aliphatic heterocycles. The molecule has 0 N–H and O–H groups in total. The molecule has 0 aliphatic carbocycles. The maximum Gasteiger partial charge on any atom is 0.259 e. The van der Waals surface area contributed by atoms with Gasteiger partial charge in [-0.05, 0) is 128 Å². The number of likely N-dealkylation sites (N-methyl/N-ethyl adjacent to an activating group) is 1. The molecule has 0 amide bonds. The second-order valence-electron chi connectivity index (χ2n) is 24.7. The van der Waals surface area contributed by atoms with Gasteiger partial charge in [-0.1, -0.05) is 54.5 Å². The van der Waals surface area contributed by atoms with E-state index in [4.69, 9.17) is 20.4 Å². The number of hydrogen-bond acceptors (Lipinski definition) is 8. The van der Waals surface area contributed by atoms with Crippen molar-refractivity contribution in [2.75, 3.05) is 75.9 Å². The van der Waals surface area contributed by atoms with Gasteiger partial charge in [-0.3, -0.25) is 0 Å². The molecule has 0 spiro atoms. The molecule has 374 valence electrons. The molecule has 0 saturated heterocycles. The number of ether oxygens (including phenoxy) is 1. The van der Waals surface area contributed by atoms with Crippen LogP contribution >= 0.6 is 20.3 Å². The van der Waals surface area contributed by atoms with Crippen LogP contribution in [0.1, 0.15) is 175 Å². The zero-order valence-corrected chi connectivity index (χ0v) is 46.9. The van der Waals surface area contributed by atoms with Crippen molar-refractivity contribution in [3.8, 4) is 11.5 Å². The zero-order chi connectivity index (χ0) is 49.7. The highest BCUT2D eigenvalue weighted by Crippen LogP contribution is 2.59. The molecule has 4 atom stereocenters. The number of fused-ring (bicyclic) bond motifs is 5. The maximum absolute atomic E-state index is 7.82. The van der Waals surface area contributed by atoms with Gasteiger partial charge in [0.15, 0.2) is 5.54 Å². The topological polar surface area (TPSA) is 48.0 Å². The van der Waals surface area contributed by atoms with Crippen LogP contribution in [0.4, 0.5) is 11.4 Å². The van der Waals surface area contributed by atoms with Crippen LogP contribution in [-0.2, 0) is 19.9 Å². The van der Waals surface area contributed by atoms with Crippen molar-refractivity contribution in [3.63, 3.8) is 0 Å². The summed E-state index contributed by atoms with van der Waals surface area (Å²) in [5, 5.41) is 3.17. The largest absolute Gasteiger partial charge is 0.455 e. The lowest BCUT2D eigenvalue weighted by atomic mass is 9.68. The minimum atomic E-state index is -1.24. The Labute approximate surface area is 421 Å². The van der Waals surface area contributed by atoms with Gasteiger partial charge in [-0.15, -0.1) is 11.8 Å². The monoisotopic (exact) mass is 976 g/mol. The second-order valence-corrected chi connectivity index (χ2v) is 27.7. The Morgan fingerprint density at radius 2 is 1.57 bits per heavy atom. The van der Waals surface area contributed by atoms with E-state index in [0.717, 1.165) is 76.5 Å². The van der Waals surface area contributed by atoms with E-state index in [0.29, 0.717) is 36.8 Å². The summed E-state index contributed by atoms with van der Waals surface area (Å²) in [6.45, 7) is 50.3. The molecule has 6 aliphatic rings. The van der Waals surface area contributed by atoms with Crippen LogP contribution in [0.3, 0.4) is 0 Å². The van der Waals surface area contributed by atoms with E-state index in [1.165, 1.54) is 65.8 Å². The summed E-state index contributed by atoms with van der Waals surface area (Å²) in [4.78, 5) is 12.6. The molecule has 69 heavy (non-hydrogen) atoms. The van der Waals surface area contributed by atoms with Gasteiger partial charge in [0.25, 0.3) is 8.53 Å². The van der Waals surface area contributed by atoms with Gasteiger partial charge in [0.2, 0.25) is 11.9 Å². The van der Waals surface area contributed by atoms with Gasteiger partial charge < -0.3 is 33.3 Å². The number of nitrogens with zero attached hydrogens (tertiary/aromatic N) is 6. The Bertz CT molecular complexity index is 2660. The fourth-order valence-corrected chi connectivity index (χ4v) is 16.1. The number of rotatable bonds is 14. The third-order valence-electron chi connectivity index (χ3n) is 16.7. The van der Waals surface area contributed by atoms with Crippen LogP contribution in [0.5, 0.6) is 11.5 Å². The van der Waals surface area contributed by atoms with E-state index in [9.17, 15) is 0 Å². The number of anilines is 2. The fraction of sp³-hybridized carbons (Fsp3) is 0.655. The Morgan fingerprint density at radius 3 is 2.28 bits per heavy atom. The zero-order valence-electron chi connectivity index (χ0n) is 45.2. The van der Waals surface area contributed by atoms with Gasteiger partial charge >= 0.3 is 0 Å². The normalized spacial score (nSPS) is 23.8. The molecule has 4 unspecified atom stereocenters. The third kappa shape index (κ3) is 9.09. The van der Waals surface area contributed by atoms with Gasteiger partial charge in [0.05, 0.1) is 17.9 Å². The Hall–Kier alpha value is -3.16. The standard InChI is InChI=1S/C58H84N6O3PS/c1-36(2)64(37(3)4)68(65-28-22-59-16)66-29-27-60(17)25-26-61-35-40(7)69-47-30-41(18-19-46(47)61)48-44-31-42-38(5)33-57(12,13)62-23-20-55(8,9)49(51(42)62)53(44)67-54-45(48)32-43-39(6)34-58(14,15)63-24-21-56(10,11)50(54)52(43)63/h18-19,30-32,36-40H,20-29,33-35H2,1-15,17H3/q+1. The summed E-state index contributed by atoms with van der Waals surface area (Å²) in [5.41, 5.74) is 12.5. The van der Waals surface area contributed by atoms with Crippen LogP contribution in [0.25, 0.3) is 10.4 Å². The van der Waals surface area contributed by atoms with E-state index >= 15 is 0 Å². The van der Waals surface area contributed by atoms with Crippen LogP contribution in [-0.4, -0.2) is 104 Å². The molecule has 9 nitrogen and oxygen atoms in total. The number of hydrogen-bond donors (Lipinski definition) is 0. The first-order valence-corrected chi connectivity index (χ1v) is 28.4. The maximum atomic E-state index is 7.82. The second kappa shape index (κ2) is 18.7. The molecule has 11 heteroatoms. The van der Waals surface area contributed by atoms with Crippen molar-refractivity contribution in [2.24, 2.45) is 0 Å². The van der Waals surface area contributed by atoms with E-state index < -0.39 is 8.53 Å². The van der Waals surface area contributed by atoms with Gasteiger partial charge in [-0.2, -0.15) is 0 Å². The van der Waals surface area contributed by atoms with E-state index in [2.05, 4.69) is 170 Å². The highest BCUT2D eigenvalue weighted by Gasteiger charge is 2.50. The summed E-state index contributed by atoms with van der Waals surface area (Å²) in [5.74, 6) is 3.06. The molecule has 6 heterocycles. The molecule has 3 aromatic carbocycles. The highest BCUT2D eigenvalue weighted by molar-refractivity contribution is 8.00. The third-order valence-corrected chi connectivity index (χ3v) is 20.0. The average Bonchev–Trinajstić information content (AvgIpc) is 3.24. The summed E-state index contributed by atoms with van der Waals surface area (Å²) in [6.07, 6.45) is 4.48. The molecule has 9 rings (SSSR count). The Morgan fingerprint density at radius 1 is 0.870 bits per heavy atom. The van der Waals surface area contributed by atoms with Crippen molar-refractivity contribution in [1.29, 1.82) is 0 Å². The van der Waals surface area contributed by atoms with Crippen LogP contribution in [0.2, 0.25) is 0 Å².